The zero-order valence-corrected chi connectivity index (χ0v) is 22.2. The lowest BCUT2D eigenvalue weighted by Gasteiger charge is -2.31. The topological polar surface area (TPSA) is 116 Å². The second-order valence-corrected chi connectivity index (χ2v) is 11.7. The van der Waals surface area contributed by atoms with Gasteiger partial charge in [-0.25, -0.2) is 4.79 Å². The molecular weight excluding hydrogens is 485 g/mol. The minimum atomic E-state index is -2.79. The number of aliphatic carboxylic acids is 1. The second kappa shape index (κ2) is 11.8. The number of nitrogens with zero attached hydrogens (tertiary/aromatic N) is 1. The Hall–Kier alpha value is -3.41. The van der Waals surface area contributed by atoms with Gasteiger partial charge >= 0.3 is 5.97 Å². The number of benzene rings is 3. The standard InChI is InChI=1S/C29H34N3O4P/c1-19(2)15-25(30)28(33)32(27(29(34)35)17-23-18-31-26-10-6-5-9-24(23)26)37(36)14-13-20-11-12-21-7-3-4-8-22(21)16-20/h3-12,16,18-19,25,27,31,37H,13-15,17,30H2,1-2H3,(H,34,35). The van der Waals surface area contributed by atoms with Gasteiger partial charge in [0.25, 0.3) is 0 Å². The maximum absolute atomic E-state index is 13.7. The van der Waals surface area contributed by atoms with Crippen LogP contribution in [0.4, 0.5) is 0 Å². The van der Waals surface area contributed by atoms with Crippen molar-refractivity contribution in [3.63, 3.8) is 0 Å². The molecule has 0 aliphatic rings. The van der Waals surface area contributed by atoms with Crippen molar-refractivity contribution in [3.8, 4) is 0 Å². The van der Waals surface area contributed by atoms with Crippen molar-refractivity contribution in [2.45, 2.75) is 45.2 Å². The maximum Gasteiger partial charge on any atom is 0.327 e. The molecule has 3 aromatic carbocycles. The van der Waals surface area contributed by atoms with Crippen molar-refractivity contribution in [2.24, 2.45) is 11.7 Å². The molecule has 4 aromatic rings. The summed E-state index contributed by atoms with van der Waals surface area (Å²) < 4.78 is 14.8. The fraction of sp³-hybridized carbons (Fsp3) is 0.310. The number of para-hydroxylation sites is 1. The predicted octanol–water partition coefficient (Wildman–Crippen LogP) is 5.24. The molecule has 4 N–H and O–H groups in total. The molecule has 1 aromatic heterocycles. The number of fused-ring (bicyclic) bond motifs is 2. The number of amides is 1. The van der Waals surface area contributed by atoms with Gasteiger partial charge in [0.1, 0.15) is 6.04 Å². The highest BCUT2D eigenvalue weighted by molar-refractivity contribution is 7.43. The van der Waals surface area contributed by atoms with Gasteiger partial charge in [-0.15, -0.1) is 0 Å². The van der Waals surface area contributed by atoms with Crippen LogP contribution in [0, 0.1) is 5.92 Å². The van der Waals surface area contributed by atoms with Crippen LogP contribution in [0.1, 0.15) is 31.4 Å². The van der Waals surface area contributed by atoms with Gasteiger partial charge in [-0.3, -0.25) is 9.46 Å². The van der Waals surface area contributed by atoms with Crippen LogP contribution in [0.2, 0.25) is 0 Å². The monoisotopic (exact) mass is 519 g/mol. The summed E-state index contributed by atoms with van der Waals surface area (Å²) in [4.78, 5) is 29.2. The van der Waals surface area contributed by atoms with Crippen LogP contribution in [-0.4, -0.2) is 44.9 Å². The Morgan fingerprint density at radius 2 is 1.73 bits per heavy atom. The number of carbonyl (C=O) groups is 2. The largest absolute Gasteiger partial charge is 0.480 e. The molecule has 0 fully saturated rings. The van der Waals surface area contributed by atoms with Crippen molar-refractivity contribution in [1.82, 2.24) is 9.65 Å². The van der Waals surface area contributed by atoms with E-state index in [0.717, 1.165) is 37.5 Å². The number of carboxylic acids is 1. The first-order valence-electron chi connectivity index (χ1n) is 12.6. The number of carboxylic acid groups (broad SMARTS) is 1. The smallest absolute Gasteiger partial charge is 0.327 e. The first-order valence-corrected chi connectivity index (χ1v) is 14.2. The third-order valence-corrected chi connectivity index (χ3v) is 8.42. The highest BCUT2D eigenvalue weighted by atomic mass is 31.1. The lowest BCUT2D eigenvalue weighted by Crippen LogP contribution is -2.49. The third-order valence-electron chi connectivity index (χ3n) is 6.67. The summed E-state index contributed by atoms with van der Waals surface area (Å²) in [5.41, 5.74) is 8.83. The Labute approximate surface area is 217 Å². The molecule has 37 heavy (non-hydrogen) atoms. The lowest BCUT2D eigenvalue weighted by atomic mass is 10.0. The number of H-pyrrole nitrogens is 1. The van der Waals surface area contributed by atoms with Crippen molar-refractivity contribution in [2.75, 3.05) is 6.16 Å². The molecule has 0 spiro atoms. The predicted molar refractivity (Wildman–Crippen MR) is 149 cm³/mol. The molecule has 0 bridgehead atoms. The van der Waals surface area contributed by atoms with E-state index in [0.29, 0.717) is 12.8 Å². The highest BCUT2D eigenvalue weighted by Crippen LogP contribution is 2.34. The summed E-state index contributed by atoms with van der Waals surface area (Å²) in [7, 11) is -2.79. The summed E-state index contributed by atoms with van der Waals surface area (Å²) in [6.45, 7) is 3.89. The van der Waals surface area contributed by atoms with Gasteiger partial charge in [0.2, 0.25) is 5.91 Å². The zero-order valence-electron chi connectivity index (χ0n) is 21.2. The Bertz CT molecular complexity index is 1430. The van der Waals surface area contributed by atoms with Gasteiger partial charge in [0.05, 0.1) is 6.04 Å². The van der Waals surface area contributed by atoms with Crippen molar-refractivity contribution in [1.29, 1.82) is 0 Å². The summed E-state index contributed by atoms with van der Waals surface area (Å²) in [6.07, 6.45) is 2.82. The van der Waals surface area contributed by atoms with E-state index in [9.17, 15) is 19.3 Å². The molecule has 0 radical (unpaired) electrons. The molecule has 0 saturated heterocycles. The van der Waals surface area contributed by atoms with Crippen LogP contribution in [0.3, 0.4) is 0 Å². The third kappa shape index (κ3) is 6.30. The Balaban J connectivity index is 1.61. The molecule has 0 saturated carbocycles. The Morgan fingerprint density at radius 3 is 2.46 bits per heavy atom. The fourth-order valence-electron chi connectivity index (χ4n) is 4.80. The van der Waals surface area contributed by atoms with Gasteiger partial charge in [0.15, 0.2) is 7.95 Å². The average molecular weight is 520 g/mol. The van der Waals surface area contributed by atoms with E-state index in [2.05, 4.69) is 4.98 Å². The van der Waals surface area contributed by atoms with E-state index in [4.69, 9.17) is 5.73 Å². The first kappa shape index (κ1) is 26.6. The second-order valence-electron chi connectivity index (χ2n) is 9.94. The van der Waals surface area contributed by atoms with Gasteiger partial charge in [0, 0.05) is 29.7 Å². The number of hydrogen-bond acceptors (Lipinski definition) is 4. The lowest BCUT2D eigenvalue weighted by molar-refractivity contribution is -0.146. The van der Waals surface area contributed by atoms with E-state index in [-0.39, 0.29) is 18.5 Å². The molecule has 3 atom stereocenters. The number of carbonyl (C=O) groups excluding carboxylic acids is 1. The van der Waals surface area contributed by atoms with E-state index >= 15 is 0 Å². The zero-order chi connectivity index (χ0) is 26.5. The molecule has 3 unspecified atom stereocenters. The van der Waals surface area contributed by atoms with Gasteiger partial charge in [-0.05, 0) is 46.7 Å². The molecule has 8 heteroatoms. The van der Waals surface area contributed by atoms with Crippen LogP contribution >= 0.6 is 7.95 Å². The molecule has 0 aliphatic carbocycles. The molecule has 4 rings (SSSR count). The van der Waals surface area contributed by atoms with Crippen LogP contribution in [0.5, 0.6) is 0 Å². The molecule has 1 heterocycles. The average Bonchev–Trinajstić information content (AvgIpc) is 3.29. The Morgan fingerprint density at radius 1 is 1.03 bits per heavy atom. The number of rotatable bonds is 11. The number of aryl methyl sites for hydroxylation is 1. The van der Waals surface area contributed by atoms with Gasteiger partial charge in [-0.1, -0.05) is 74.5 Å². The summed E-state index contributed by atoms with van der Waals surface area (Å²) in [5, 5.41) is 13.3. The molecule has 194 valence electrons. The van der Waals surface area contributed by atoms with Crippen molar-refractivity contribution >= 4 is 41.5 Å². The summed E-state index contributed by atoms with van der Waals surface area (Å²) in [6, 6.07) is 19.4. The summed E-state index contributed by atoms with van der Waals surface area (Å²) in [5.74, 6) is -1.62. The number of hydrogen-bond donors (Lipinski definition) is 3. The number of aromatic amines is 1. The van der Waals surface area contributed by atoms with E-state index in [1.165, 1.54) is 0 Å². The minimum Gasteiger partial charge on any atom is -0.480 e. The first-order chi connectivity index (χ1) is 17.7. The molecular formula is C29H34N3O4P. The van der Waals surface area contributed by atoms with E-state index in [1.54, 1.807) is 6.20 Å². The van der Waals surface area contributed by atoms with Crippen LogP contribution in [-0.2, 0) is 27.0 Å². The van der Waals surface area contributed by atoms with E-state index in [1.807, 2.05) is 80.6 Å². The normalized spacial score (nSPS) is 14.1. The van der Waals surface area contributed by atoms with Crippen molar-refractivity contribution in [3.05, 3.63) is 84.1 Å². The summed E-state index contributed by atoms with van der Waals surface area (Å²) >= 11 is 0. The molecule has 7 nitrogen and oxygen atoms in total. The van der Waals surface area contributed by atoms with Crippen LogP contribution in [0.25, 0.3) is 21.7 Å². The quantitative estimate of drug-likeness (QED) is 0.235. The van der Waals surface area contributed by atoms with Crippen molar-refractivity contribution < 1.29 is 19.3 Å². The van der Waals surface area contributed by atoms with Crippen LogP contribution in [0.15, 0.2) is 72.9 Å². The van der Waals surface area contributed by atoms with E-state index < -0.39 is 31.9 Å². The number of nitrogens with two attached hydrogens (primary N) is 1. The maximum atomic E-state index is 13.7. The highest BCUT2D eigenvalue weighted by Gasteiger charge is 2.36. The fourth-order valence-corrected chi connectivity index (χ4v) is 6.51. The van der Waals surface area contributed by atoms with Crippen LogP contribution < -0.4 is 5.73 Å². The number of aromatic nitrogens is 1. The SMILES string of the molecule is CC(C)CC(N)C(=O)N(C(Cc1c[nH]c2ccccc12)C(=O)O)[PH](=O)CCc1ccc2ccccc2c1. The Kier molecular flexibility index (Phi) is 8.47. The van der Waals surface area contributed by atoms with Gasteiger partial charge < -0.3 is 20.4 Å². The van der Waals surface area contributed by atoms with Gasteiger partial charge in [-0.2, -0.15) is 0 Å². The molecule has 0 aliphatic heterocycles. The molecule has 1 amide bonds. The number of nitrogens with one attached hydrogen (secondary N) is 1. The minimum absolute atomic E-state index is 0.0336.